The molecule has 0 bridgehead atoms. The lowest BCUT2D eigenvalue weighted by molar-refractivity contribution is -0.247. The van der Waals surface area contributed by atoms with Gasteiger partial charge >= 0.3 is 23.9 Å². The second-order valence-electron chi connectivity index (χ2n) is 9.17. The van der Waals surface area contributed by atoms with Gasteiger partial charge in [0.05, 0.1) is 32.2 Å². The molecule has 10 nitrogen and oxygen atoms in total. The summed E-state index contributed by atoms with van der Waals surface area (Å²) in [6.07, 6.45) is 2.84. The van der Waals surface area contributed by atoms with E-state index in [1.807, 2.05) is 0 Å². The Labute approximate surface area is 196 Å². The fraction of sp³-hybridized carbons (Fsp3) is 0.583. The Morgan fingerprint density at radius 3 is 2.44 bits per heavy atom. The number of carbonyl (C=O) groups excluding carboxylic acids is 4. The van der Waals surface area contributed by atoms with Crippen molar-refractivity contribution in [1.82, 2.24) is 0 Å². The normalized spacial score (nSPS) is 36.8. The number of carbonyl (C=O) groups is 4. The van der Waals surface area contributed by atoms with Crippen molar-refractivity contribution in [2.45, 2.75) is 57.3 Å². The van der Waals surface area contributed by atoms with Crippen molar-refractivity contribution in [1.29, 1.82) is 0 Å². The van der Waals surface area contributed by atoms with Gasteiger partial charge in [-0.1, -0.05) is 11.6 Å². The van der Waals surface area contributed by atoms with Crippen molar-refractivity contribution in [3.05, 3.63) is 35.8 Å². The zero-order valence-corrected chi connectivity index (χ0v) is 19.5. The molecule has 0 aromatic carbocycles. The van der Waals surface area contributed by atoms with Gasteiger partial charge < -0.3 is 28.5 Å². The number of ether oxygens (including phenoxy) is 4. The number of furan rings is 1. The van der Waals surface area contributed by atoms with Crippen molar-refractivity contribution < 1.29 is 47.6 Å². The summed E-state index contributed by atoms with van der Waals surface area (Å²) in [7, 11) is 2.21. The molecule has 184 valence electrons. The van der Waals surface area contributed by atoms with E-state index in [4.69, 9.17) is 23.4 Å². The molecule has 0 amide bonds. The standard InChI is InChI=1S/C24H28O10/c1-13-7-9-23(20(27)30-3)17(5-6-18(33-14(2)25)24(23,29)21(28)31-4)22(13)11-16(34-19(22)26)15-8-10-32-12-15/h7-8,10,12,16-18,29H,5-6,9,11H2,1-4H3/t16-,17-,18+,22+,23+,24+/m1/s1. The predicted octanol–water partition coefficient (Wildman–Crippen LogP) is 2.01. The summed E-state index contributed by atoms with van der Waals surface area (Å²) in [6, 6.07) is 1.69. The first kappa shape index (κ1) is 24.0. The van der Waals surface area contributed by atoms with Gasteiger partial charge in [-0.2, -0.15) is 0 Å². The van der Waals surface area contributed by atoms with Crippen LogP contribution in [0.25, 0.3) is 0 Å². The minimum Gasteiger partial charge on any atom is -0.472 e. The molecule has 1 saturated carbocycles. The molecular weight excluding hydrogens is 448 g/mol. The molecule has 6 atom stereocenters. The third-order valence-electron chi connectivity index (χ3n) is 7.88. The molecule has 0 radical (unpaired) electrons. The van der Waals surface area contributed by atoms with Gasteiger partial charge in [-0.3, -0.25) is 14.4 Å². The molecule has 3 aliphatic rings. The van der Waals surface area contributed by atoms with Crippen LogP contribution >= 0.6 is 0 Å². The second kappa shape index (κ2) is 8.26. The van der Waals surface area contributed by atoms with E-state index >= 15 is 0 Å². The quantitative estimate of drug-likeness (QED) is 0.390. The predicted molar refractivity (Wildman–Crippen MR) is 113 cm³/mol. The maximum Gasteiger partial charge on any atom is 0.343 e. The lowest BCUT2D eigenvalue weighted by Crippen LogP contribution is -2.73. The molecule has 0 unspecified atom stereocenters. The maximum atomic E-state index is 13.6. The van der Waals surface area contributed by atoms with Gasteiger partial charge in [0, 0.05) is 18.9 Å². The Morgan fingerprint density at radius 1 is 1.15 bits per heavy atom. The van der Waals surface area contributed by atoms with E-state index in [0.717, 1.165) is 21.1 Å². The summed E-state index contributed by atoms with van der Waals surface area (Å²) in [5, 5.41) is 12.0. The number of rotatable bonds is 4. The Kier molecular flexibility index (Phi) is 5.83. The Hall–Kier alpha value is -3.14. The van der Waals surface area contributed by atoms with Crippen LogP contribution in [0.3, 0.4) is 0 Å². The number of aliphatic hydroxyl groups is 1. The minimum atomic E-state index is -2.60. The van der Waals surface area contributed by atoms with Crippen molar-refractivity contribution in [3.63, 3.8) is 0 Å². The average Bonchev–Trinajstić information content (AvgIpc) is 3.46. The van der Waals surface area contributed by atoms with Crippen LogP contribution in [-0.2, 0) is 38.1 Å². The van der Waals surface area contributed by atoms with Crippen LogP contribution in [0.1, 0.15) is 51.2 Å². The highest BCUT2D eigenvalue weighted by atomic mass is 16.6. The van der Waals surface area contributed by atoms with Crippen molar-refractivity contribution in [2.24, 2.45) is 16.7 Å². The largest absolute Gasteiger partial charge is 0.472 e. The van der Waals surface area contributed by atoms with Crippen LogP contribution in [0.5, 0.6) is 0 Å². The van der Waals surface area contributed by atoms with Crippen LogP contribution in [-0.4, -0.2) is 54.9 Å². The van der Waals surface area contributed by atoms with Gasteiger partial charge in [0.1, 0.15) is 17.6 Å². The number of fused-ring (bicyclic) bond motifs is 2. The first-order valence-corrected chi connectivity index (χ1v) is 11.1. The summed E-state index contributed by atoms with van der Waals surface area (Å²) in [5.41, 5.74) is -4.55. The summed E-state index contributed by atoms with van der Waals surface area (Å²) in [5.74, 6) is -4.23. The van der Waals surface area contributed by atoms with Gasteiger partial charge in [-0.15, -0.1) is 0 Å². The zero-order valence-electron chi connectivity index (χ0n) is 19.5. The Bertz CT molecular complexity index is 1040. The Balaban J connectivity index is 1.93. The van der Waals surface area contributed by atoms with Gasteiger partial charge in [0.2, 0.25) is 5.60 Å². The fourth-order valence-corrected chi connectivity index (χ4v) is 6.34. The molecule has 2 heterocycles. The van der Waals surface area contributed by atoms with Crippen LogP contribution in [0.4, 0.5) is 0 Å². The molecule has 1 spiro atoms. The van der Waals surface area contributed by atoms with E-state index in [0.29, 0.717) is 11.1 Å². The molecule has 1 aromatic heterocycles. The average molecular weight is 476 g/mol. The van der Waals surface area contributed by atoms with E-state index in [9.17, 15) is 24.3 Å². The van der Waals surface area contributed by atoms with E-state index in [1.165, 1.54) is 12.5 Å². The SMILES string of the molecule is COC(=O)[C@@]1(O)[C@@H](OC(C)=O)CC[C@@H]2[C@]3(C[C@H](c4ccoc4)OC3=O)C(C)=CC[C@@]21C(=O)OC. The highest BCUT2D eigenvalue weighted by Gasteiger charge is 2.78. The number of cyclic esters (lactones) is 1. The van der Waals surface area contributed by atoms with E-state index in [1.54, 1.807) is 19.1 Å². The zero-order chi connectivity index (χ0) is 24.9. The fourth-order valence-electron chi connectivity index (χ4n) is 6.34. The lowest BCUT2D eigenvalue weighted by Gasteiger charge is -2.58. The van der Waals surface area contributed by atoms with Gasteiger partial charge in [0.15, 0.2) is 0 Å². The maximum absolute atomic E-state index is 13.6. The smallest absolute Gasteiger partial charge is 0.343 e. The summed E-state index contributed by atoms with van der Waals surface area (Å²) < 4.78 is 26.3. The topological polar surface area (TPSA) is 139 Å². The van der Waals surface area contributed by atoms with Crippen LogP contribution in [0.2, 0.25) is 0 Å². The molecule has 4 rings (SSSR count). The van der Waals surface area contributed by atoms with E-state index < -0.39 is 58.4 Å². The number of allylic oxidation sites excluding steroid dienone is 1. The first-order valence-electron chi connectivity index (χ1n) is 11.1. The van der Waals surface area contributed by atoms with Crippen molar-refractivity contribution in [2.75, 3.05) is 14.2 Å². The van der Waals surface area contributed by atoms with E-state index in [2.05, 4.69) is 0 Å². The van der Waals surface area contributed by atoms with Crippen LogP contribution in [0.15, 0.2) is 34.7 Å². The molecule has 10 heteroatoms. The molecule has 1 N–H and O–H groups in total. The molecule has 2 aliphatic carbocycles. The molecule has 1 aliphatic heterocycles. The molecular formula is C24H28O10. The summed E-state index contributed by atoms with van der Waals surface area (Å²) in [6.45, 7) is 2.92. The number of hydrogen-bond donors (Lipinski definition) is 1. The first-order chi connectivity index (χ1) is 16.1. The van der Waals surface area contributed by atoms with Gasteiger partial charge in [0.25, 0.3) is 0 Å². The summed E-state index contributed by atoms with van der Waals surface area (Å²) in [4.78, 5) is 52.1. The molecule has 2 fully saturated rings. The number of esters is 4. The van der Waals surface area contributed by atoms with Crippen LogP contribution < -0.4 is 0 Å². The third-order valence-corrected chi connectivity index (χ3v) is 7.88. The third kappa shape index (κ3) is 2.97. The molecule has 1 aromatic rings. The number of methoxy groups -OCH3 is 2. The van der Waals surface area contributed by atoms with Gasteiger partial charge in [-0.05, 0) is 38.2 Å². The second-order valence-corrected chi connectivity index (χ2v) is 9.17. The highest BCUT2D eigenvalue weighted by Crippen LogP contribution is 2.67. The monoisotopic (exact) mass is 476 g/mol. The number of hydrogen-bond acceptors (Lipinski definition) is 10. The minimum absolute atomic E-state index is 0.0211. The van der Waals surface area contributed by atoms with Crippen LogP contribution in [0, 0.1) is 16.7 Å². The highest BCUT2D eigenvalue weighted by molar-refractivity contribution is 5.95. The summed E-state index contributed by atoms with van der Waals surface area (Å²) >= 11 is 0. The Morgan fingerprint density at radius 2 is 1.85 bits per heavy atom. The van der Waals surface area contributed by atoms with Crippen molar-refractivity contribution >= 4 is 23.9 Å². The van der Waals surface area contributed by atoms with E-state index in [-0.39, 0.29) is 25.7 Å². The molecule has 34 heavy (non-hydrogen) atoms. The van der Waals surface area contributed by atoms with Gasteiger partial charge in [-0.25, -0.2) is 4.79 Å². The van der Waals surface area contributed by atoms with Crippen molar-refractivity contribution in [3.8, 4) is 0 Å². The lowest BCUT2D eigenvalue weighted by atomic mass is 9.44. The molecule has 1 saturated heterocycles.